The molecule has 1 aliphatic rings. The van der Waals surface area contributed by atoms with Crippen LogP contribution in [-0.2, 0) is 11.2 Å². The summed E-state index contributed by atoms with van der Waals surface area (Å²) in [6.45, 7) is 1.87. The summed E-state index contributed by atoms with van der Waals surface area (Å²) < 4.78 is 0. The summed E-state index contributed by atoms with van der Waals surface area (Å²) in [6.07, 6.45) is 1.07. The number of fused-ring (bicyclic) bond motifs is 1. The Kier molecular flexibility index (Phi) is 4.93. The Morgan fingerprint density at radius 3 is 2.17 bits per heavy atom. The van der Waals surface area contributed by atoms with E-state index in [1.807, 2.05) is 73.7 Å². The van der Waals surface area contributed by atoms with Gasteiger partial charge in [0.1, 0.15) is 0 Å². The normalized spacial score (nSPS) is 15.4. The predicted octanol–water partition coefficient (Wildman–Crippen LogP) is 4.60. The molecule has 3 N–H and O–H groups in total. The molecule has 3 aromatic carbocycles. The lowest BCUT2D eigenvalue weighted by Gasteiger charge is -2.10. The Balaban J connectivity index is 1.91. The second kappa shape index (κ2) is 7.55. The largest absolute Gasteiger partial charge is 0.481 e. The van der Waals surface area contributed by atoms with E-state index in [1.165, 1.54) is 0 Å². The molecule has 4 nitrogen and oxygen atoms in total. The van der Waals surface area contributed by atoms with Gasteiger partial charge in [-0.25, -0.2) is 0 Å². The van der Waals surface area contributed by atoms with Crippen molar-refractivity contribution in [2.45, 2.75) is 25.7 Å². The highest BCUT2D eigenvalue weighted by molar-refractivity contribution is 6.01. The highest BCUT2D eigenvalue weighted by Crippen LogP contribution is 2.57. The van der Waals surface area contributed by atoms with E-state index in [2.05, 4.69) is 0 Å². The van der Waals surface area contributed by atoms with Crippen LogP contribution in [-0.4, -0.2) is 17.0 Å². The number of amides is 1. The van der Waals surface area contributed by atoms with Crippen LogP contribution in [0.2, 0.25) is 0 Å². The van der Waals surface area contributed by atoms with E-state index in [-0.39, 0.29) is 5.92 Å². The molecule has 29 heavy (non-hydrogen) atoms. The number of carboxylic acids is 1. The molecule has 1 amide bonds. The molecule has 0 spiro atoms. The molecule has 1 aliphatic carbocycles. The molecule has 0 aliphatic heterocycles. The summed E-state index contributed by atoms with van der Waals surface area (Å²) in [4.78, 5) is 24.3. The van der Waals surface area contributed by atoms with Gasteiger partial charge >= 0.3 is 5.97 Å². The van der Waals surface area contributed by atoms with Crippen molar-refractivity contribution in [2.75, 3.05) is 0 Å². The zero-order chi connectivity index (χ0) is 20.5. The maximum atomic E-state index is 12.4. The lowest BCUT2D eigenvalue weighted by Crippen LogP contribution is -2.17. The minimum Gasteiger partial charge on any atom is -0.481 e. The molecule has 0 radical (unpaired) electrons. The Hall–Kier alpha value is -3.40. The van der Waals surface area contributed by atoms with Gasteiger partial charge in [0.15, 0.2) is 0 Å². The zero-order valence-corrected chi connectivity index (χ0v) is 16.3. The van der Waals surface area contributed by atoms with Crippen molar-refractivity contribution < 1.29 is 14.7 Å². The number of nitrogens with two attached hydrogens (primary N) is 1. The van der Waals surface area contributed by atoms with E-state index in [0.29, 0.717) is 18.4 Å². The average Bonchev–Trinajstić information content (AvgIpc) is 3.43. The number of carbonyl (C=O) groups is 2. The fraction of sp³-hybridized carbons (Fsp3) is 0.200. The molecule has 0 fully saturated rings. The smallest absolute Gasteiger partial charge is 0.307 e. The number of carbonyl (C=O) groups excluding carboxylic acids is 1. The molecule has 146 valence electrons. The second-order valence-electron chi connectivity index (χ2n) is 7.51. The fourth-order valence-corrected chi connectivity index (χ4v) is 4.40. The SMILES string of the molecule is CCC(C(=O)O)C1c2c(-c3ccccc3)cc(Cc3ccccc3)c(C(N)=O)c21. The van der Waals surface area contributed by atoms with Crippen molar-refractivity contribution in [3.8, 4) is 11.1 Å². The first kappa shape index (κ1) is 18.9. The highest BCUT2D eigenvalue weighted by atomic mass is 16.4. The van der Waals surface area contributed by atoms with Gasteiger partial charge < -0.3 is 10.8 Å². The van der Waals surface area contributed by atoms with Crippen LogP contribution in [0.4, 0.5) is 0 Å². The molecule has 0 bridgehead atoms. The van der Waals surface area contributed by atoms with Gasteiger partial charge in [0.25, 0.3) is 0 Å². The molecule has 2 unspecified atom stereocenters. The summed E-state index contributed by atoms with van der Waals surface area (Å²) >= 11 is 0. The predicted molar refractivity (Wildman–Crippen MR) is 113 cm³/mol. The monoisotopic (exact) mass is 385 g/mol. The molecule has 0 saturated carbocycles. The number of rotatable bonds is 7. The maximum Gasteiger partial charge on any atom is 0.307 e. The van der Waals surface area contributed by atoms with Gasteiger partial charge in [0, 0.05) is 11.5 Å². The third-order valence-electron chi connectivity index (χ3n) is 5.76. The van der Waals surface area contributed by atoms with Crippen molar-refractivity contribution in [3.05, 3.63) is 94.5 Å². The van der Waals surface area contributed by atoms with E-state index < -0.39 is 17.8 Å². The molecule has 0 heterocycles. The van der Waals surface area contributed by atoms with Gasteiger partial charge in [0.2, 0.25) is 5.91 Å². The Bertz CT molecular complexity index is 1070. The lowest BCUT2D eigenvalue weighted by atomic mass is 9.94. The van der Waals surface area contributed by atoms with Gasteiger partial charge in [-0.15, -0.1) is 0 Å². The third-order valence-corrected chi connectivity index (χ3v) is 5.76. The van der Waals surface area contributed by atoms with Crippen molar-refractivity contribution in [2.24, 2.45) is 11.7 Å². The van der Waals surface area contributed by atoms with Crippen LogP contribution in [0.1, 0.15) is 51.9 Å². The Morgan fingerprint density at radius 2 is 1.62 bits per heavy atom. The van der Waals surface area contributed by atoms with E-state index in [9.17, 15) is 14.7 Å². The first-order chi connectivity index (χ1) is 14.0. The Labute approximate surface area is 170 Å². The number of hydrogen-bond donors (Lipinski definition) is 2. The van der Waals surface area contributed by atoms with Gasteiger partial charge in [-0.05, 0) is 52.3 Å². The summed E-state index contributed by atoms with van der Waals surface area (Å²) in [5.41, 5.74) is 12.0. The first-order valence-corrected chi connectivity index (χ1v) is 9.84. The van der Waals surface area contributed by atoms with Crippen molar-refractivity contribution in [1.29, 1.82) is 0 Å². The zero-order valence-electron chi connectivity index (χ0n) is 16.3. The van der Waals surface area contributed by atoms with E-state index in [0.717, 1.165) is 33.4 Å². The number of benzene rings is 3. The van der Waals surface area contributed by atoms with E-state index in [1.54, 1.807) is 0 Å². The number of hydrogen-bond acceptors (Lipinski definition) is 2. The quantitative estimate of drug-likeness (QED) is 0.624. The van der Waals surface area contributed by atoms with Crippen molar-refractivity contribution in [1.82, 2.24) is 0 Å². The van der Waals surface area contributed by atoms with Crippen molar-refractivity contribution in [3.63, 3.8) is 0 Å². The molecule has 2 atom stereocenters. The summed E-state index contributed by atoms with van der Waals surface area (Å²) in [5.74, 6) is -2.15. The van der Waals surface area contributed by atoms with Gasteiger partial charge in [-0.2, -0.15) is 0 Å². The lowest BCUT2D eigenvalue weighted by molar-refractivity contribution is -0.141. The second-order valence-corrected chi connectivity index (χ2v) is 7.51. The van der Waals surface area contributed by atoms with Gasteiger partial charge in [-0.3, -0.25) is 9.59 Å². The molecule has 4 rings (SSSR count). The standard InChI is InChI=1S/C25H23NO3/c1-2-18(25(28)29)21-22-19(16-11-7-4-8-12-16)14-17(20(23(21)22)24(26)27)13-15-9-5-3-6-10-15/h3-12,14,18,21H,2,13H2,1H3,(H2,26,27)(H,28,29). The number of primary amides is 1. The van der Waals surface area contributed by atoms with Crippen LogP contribution >= 0.6 is 0 Å². The van der Waals surface area contributed by atoms with Crippen LogP contribution in [0.3, 0.4) is 0 Å². The summed E-state index contributed by atoms with van der Waals surface area (Å²) in [5, 5.41) is 9.74. The van der Waals surface area contributed by atoms with Crippen LogP contribution in [0.5, 0.6) is 0 Å². The van der Waals surface area contributed by atoms with E-state index in [4.69, 9.17) is 5.73 Å². The average molecular weight is 385 g/mol. The molecular formula is C25H23NO3. The van der Waals surface area contributed by atoms with Crippen LogP contribution < -0.4 is 5.73 Å². The molecule has 0 saturated heterocycles. The third kappa shape index (κ3) is 3.42. The highest BCUT2D eigenvalue weighted by Gasteiger charge is 2.47. The maximum absolute atomic E-state index is 12.4. The van der Waals surface area contributed by atoms with Crippen LogP contribution in [0.25, 0.3) is 11.1 Å². The molecule has 0 aromatic heterocycles. The number of carboxylic acid groups (broad SMARTS) is 1. The molecule has 3 aromatic rings. The number of aliphatic carboxylic acids is 1. The Morgan fingerprint density at radius 1 is 1.00 bits per heavy atom. The van der Waals surface area contributed by atoms with Gasteiger partial charge in [0.05, 0.1) is 5.92 Å². The van der Waals surface area contributed by atoms with E-state index >= 15 is 0 Å². The first-order valence-electron chi connectivity index (χ1n) is 9.84. The van der Waals surface area contributed by atoms with Crippen molar-refractivity contribution >= 4 is 11.9 Å². The van der Waals surface area contributed by atoms with Crippen LogP contribution in [0, 0.1) is 5.92 Å². The summed E-state index contributed by atoms with van der Waals surface area (Å²) in [7, 11) is 0. The molecule has 4 heteroatoms. The fourth-order valence-electron chi connectivity index (χ4n) is 4.40. The molecular weight excluding hydrogens is 362 g/mol. The minimum absolute atomic E-state index is 0.264. The van der Waals surface area contributed by atoms with Crippen LogP contribution in [0.15, 0.2) is 66.7 Å². The topological polar surface area (TPSA) is 80.4 Å². The summed E-state index contributed by atoms with van der Waals surface area (Å²) in [6, 6.07) is 21.9. The minimum atomic E-state index is -0.840. The van der Waals surface area contributed by atoms with Gasteiger partial charge in [-0.1, -0.05) is 67.6 Å².